The van der Waals surface area contributed by atoms with Crippen molar-refractivity contribution in [3.63, 3.8) is 0 Å². The van der Waals surface area contributed by atoms with Crippen LogP contribution in [-0.2, 0) is 22.4 Å². The number of isocyanates is 1. The number of rotatable bonds is 5. The van der Waals surface area contributed by atoms with E-state index in [1.54, 1.807) is 36.7 Å². The largest absolute Gasteiger partial charge is 0.299 e. The summed E-state index contributed by atoms with van der Waals surface area (Å²) in [7, 11) is 0. The summed E-state index contributed by atoms with van der Waals surface area (Å²) in [6.07, 6.45) is 5.59. The summed E-state index contributed by atoms with van der Waals surface area (Å²) in [5, 5.41) is 0. The van der Waals surface area contributed by atoms with Crippen LogP contribution in [0.3, 0.4) is 0 Å². The second-order valence-electron chi connectivity index (χ2n) is 4.12. The summed E-state index contributed by atoms with van der Waals surface area (Å²) in [4.78, 5) is 29.4. The molecule has 0 N–H and O–H groups in total. The first-order valence-electron chi connectivity index (χ1n) is 5.85. The maximum atomic E-state index is 11.9. The lowest BCUT2D eigenvalue weighted by molar-refractivity contribution is -0.117. The van der Waals surface area contributed by atoms with Crippen LogP contribution in [0.15, 0.2) is 53.8 Å². The fourth-order valence-electron chi connectivity index (χ4n) is 1.76. The van der Waals surface area contributed by atoms with Gasteiger partial charge in [0.05, 0.1) is 5.69 Å². The van der Waals surface area contributed by atoms with E-state index in [9.17, 15) is 9.59 Å². The Bertz CT molecular complexity index is 600. The standard InChI is InChI=1S/C15H12N2O2/c18-11-17-14-5-3-12(4-6-14)8-15(19)9-13-2-1-7-16-10-13/h1-7,10H,8-9H2. The second-order valence-corrected chi connectivity index (χ2v) is 4.12. The third kappa shape index (κ3) is 3.98. The molecule has 1 aromatic carbocycles. The van der Waals surface area contributed by atoms with Gasteiger partial charge in [0.15, 0.2) is 0 Å². The zero-order chi connectivity index (χ0) is 13.5. The van der Waals surface area contributed by atoms with E-state index >= 15 is 0 Å². The highest BCUT2D eigenvalue weighted by Gasteiger charge is 2.05. The van der Waals surface area contributed by atoms with Gasteiger partial charge in [-0.25, -0.2) is 4.79 Å². The highest BCUT2D eigenvalue weighted by molar-refractivity contribution is 5.83. The van der Waals surface area contributed by atoms with Gasteiger partial charge in [0, 0.05) is 25.2 Å². The van der Waals surface area contributed by atoms with Crippen LogP contribution >= 0.6 is 0 Å². The van der Waals surface area contributed by atoms with Gasteiger partial charge in [0.1, 0.15) is 5.78 Å². The molecular weight excluding hydrogens is 240 g/mol. The van der Waals surface area contributed by atoms with E-state index in [0.29, 0.717) is 18.5 Å². The minimum atomic E-state index is 0.125. The molecule has 0 fully saturated rings. The molecule has 4 heteroatoms. The number of aliphatic imine (C=N–C) groups is 1. The van der Waals surface area contributed by atoms with Gasteiger partial charge in [-0.3, -0.25) is 9.78 Å². The van der Waals surface area contributed by atoms with Crippen molar-refractivity contribution in [2.75, 3.05) is 0 Å². The fraction of sp³-hybridized carbons (Fsp3) is 0.133. The number of carbonyl (C=O) groups excluding carboxylic acids is 2. The minimum absolute atomic E-state index is 0.125. The Labute approximate surface area is 110 Å². The van der Waals surface area contributed by atoms with E-state index in [2.05, 4.69) is 9.98 Å². The van der Waals surface area contributed by atoms with Crippen LogP contribution in [0.25, 0.3) is 0 Å². The SMILES string of the molecule is O=C=Nc1ccc(CC(=O)Cc2cccnc2)cc1. The van der Waals surface area contributed by atoms with Gasteiger partial charge in [-0.1, -0.05) is 18.2 Å². The molecule has 4 nitrogen and oxygen atoms in total. The first kappa shape index (κ1) is 12.9. The van der Waals surface area contributed by atoms with Crippen molar-refractivity contribution in [1.82, 2.24) is 4.98 Å². The lowest BCUT2D eigenvalue weighted by Gasteiger charge is -2.02. The first-order valence-corrected chi connectivity index (χ1v) is 5.85. The van der Waals surface area contributed by atoms with Crippen LogP contribution in [0.5, 0.6) is 0 Å². The molecule has 2 aromatic rings. The van der Waals surface area contributed by atoms with Gasteiger partial charge < -0.3 is 0 Å². The molecular formula is C15H12N2O2. The monoisotopic (exact) mass is 252 g/mol. The summed E-state index contributed by atoms with van der Waals surface area (Å²) < 4.78 is 0. The van der Waals surface area contributed by atoms with Gasteiger partial charge in [-0.15, -0.1) is 0 Å². The van der Waals surface area contributed by atoms with Crippen LogP contribution < -0.4 is 0 Å². The van der Waals surface area contributed by atoms with E-state index < -0.39 is 0 Å². The van der Waals surface area contributed by atoms with Crippen LogP contribution in [-0.4, -0.2) is 16.8 Å². The zero-order valence-electron chi connectivity index (χ0n) is 10.2. The van der Waals surface area contributed by atoms with Crippen molar-refractivity contribution in [2.24, 2.45) is 4.99 Å². The van der Waals surface area contributed by atoms with Crippen molar-refractivity contribution >= 4 is 17.6 Å². The quantitative estimate of drug-likeness (QED) is 0.606. The number of ketones is 1. The van der Waals surface area contributed by atoms with E-state index in [4.69, 9.17) is 0 Å². The van der Waals surface area contributed by atoms with Gasteiger partial charge >= 0.3 is 0 Å². The van der Waals surface area contributed by atoms with E-state index in [-0.39, 0.29) is 5.78 Å². The third-order valence-electron chi connectivity index (χ3n) is 2.64. The van der Waals surface area contributed by atoms with Crippen LogP contribution in [0.1, 0.15) is 11.1 Å². The van der Waals surface area contributed by atoms with Crippen molar-refractivity contribution in [3.8, 4) is 0 Å². The Hall–Kier alpha value is -2.58. The molecule has 0 radical (unpaired) electrons. The molecule has 94 valence electrons. The summed E-state index contributed by atoms with van der Waals surface area (Å²) in [6, 6.07) is 10.7. The van der Waals surface area contributed by atoms with Gasteiger partial charge in [0.2, 0.25) is 6.08 Å². The molecule has 0 saturated heterocycles. The van der Waals surface area contributed by atoms with Crippen LogP contribution in [0.4, 0.5) is 5.69 Å². The van der Waals surface area contributed by atoms with E-state index in [1.807, 2.05) is 12.1 Å². The molecule has 0 bridgehead atoms. The van der Waals surface area contributed by atoms with Crippen molar-refractivity contribution in [2.45, 2.75) is 12.8 Å². The summed E-state index contributed by atoms with van der Waals surface area (Å²) in [5.74, 6) is 0.125. The Morgan fingerprint density at radius 3 is 2.47 bits per heavy atom. The van der Waals surface area contributed by atoms with E-state index in [0.717, 1.165) is 11.1 Å². The molecule has 19 heavy (non-hydrogen) atoms. The molecule has 0 aliphatic heterocycles. The summed E-state index contributed by atoms with van der Waals surface area (Å²) >= 11 is 0. The number of pyridine rings is 1. The molecule has 0 spiro atoms. The van der Waals surface area contributed by atoms with Gasteiger partial charge in [0.25, 0.3) is 0 Å². The molecule has 1 heterocycles. The molecule has 0 aliphatic rings. The smallest absolute Gasteiger partial charge is 0.240 e. The Kier molecular flexibility index (Phi) is 4.32. The highest BCUT2D eigenvalue weighted by Crippen LogP contribution is 2.13. The highest BCUT2D eigenvalue weighted by atomic mass is 16.1. The average Bonchev–Trinajstić information content (AvgIpc) is 2.42. The Balaban J connectivity index is 1.97. The molecule has 0 atom stereocenters. The second kappa shape index (κ2) is 6.38. The Morgan fingerprint density at radius 1 is 1.11 bits per heavy atom. The predicted molar refractivity (Wildman–Crippen MR) is 70.9 cm³/mol. The van der Waals surface area contributed by atoms with Crippen LogP contribution in [0, 0.1) is 0 Å². The predicted octanol–water partition coefficient (Wildman–Crippen LogP) is 2.40. The Morgan fingerprint density at radius 2 is 1.84 bits per heavy atom. The molecule has 0 aliphatic carbocycles. The average molecular weight is 252 g/mol. The number of hydrogen-bond donors (Lipinski definition) is 0. The normalized spacial score (nSPS) is 9.68. The molecule has 0 saturated carbocycles. The van der Waals surface area contributed by atoms with Crippen molar-refractivity contribution < 1.29 is 9.59 Å². The summed E-state index contributed by atoms with van der Waals surface area (Å²) in [6.45, 7) is 0. The lowest BCUT2D eigenvalue weighted by atomic mass is 10.0. The molecule has 0 amide bonds. The van der Waals surface area contributed by atoms with Gasteiger partial charge in [-0.2, -0.15) is 4.99 Å². The number of hydrogen-bond acceptors (Lipinski definition) is 4. The number of benzene rings is 1. The molecule has 2 rings (SSSR count). The lowest BCUT2D eigenvalue weighted by Crippen LogP contribution is -2.06. The van der Waals surface area contributed by atoms with Crippen molar-refractivity contribution in [1.29, 1.82) is 0 Å². The minimum Gasteiger partial charge on any atom is -0.299 e. The molecule has 0 unspecified atom stereocenters. The van der Waals surface area contributed by atoms with E-state index in [1.165, 1.54) is 6.08 Å². The maximum Gasteiger partial charge on any atom is 0.240 e. The first-order chi connectivity index (χ1) is 9.28. The maximum absolute atomic E-state index is 11.9. The number of aromatic nitrogens is 1. The third-order valence-corrected chi connectivity index (χ3v) is 2.64. The number of nitrogens with zero attached hydrogens (tertiary/aromatic N) is 2. The number of Topliss-reactive ketones (excluding diaryl/α,β-unsaturated/α-hetero) is 1. The zero-order valence-corrected chi connectivity index (χ0v) is 10.2. The van der Waals surface area contributed by atoms with Crippen molar-refractivity contribution in [3.05, 3.63) is 59.9 Å². The van der Waals surface area contributed by atoms with Gasteiger partial charge in [-0.05, 0) is 29.3 Å². The molecule has 1 aromatic heterocycles. The fourth-order valence-corrected chi connectivity index (χ4v) is 1.76. The summed E-state index contributed by atoms with van der Waals surface area (Å²) in [5.41, 5.74) is 2.35. The topological polar surface area (TPSA) is 59.4 Å². The number of carbonyl (C=O) groups is 1. The van der Waals surface area contributed by atoms with Crippen LogP contribution in [0.2, 0.25) is 0 Å².